The molecular formula is C14H9Cl2N7O3. The molecule has 3 rings (SSSR count). The molecule has 0 spiro atoms. The van der Waals surface area contributed by atoms with Crippen LogP contribution in [0.1, 0.15) is 10.4 Å². The van der Waals surface area contributed by atoms with E-state index in [-0.39, 0.29) is 22.2 Å². The second-order valence-corrected chi connectivity index (χ2v) is 5.67. The van der Waals surface area contributed by atoms with Gasteiger partial charge in [0.1, 0.15) is 12.7 Å². The van der Waals surface area contributed by atoms with E-state index in [9.17, 15) is 14.9 Å². The Morgan fingerprint density at radius 1 is 1.27 bits per heavy atom. The maximum absolute atomic E-state index is 12.2. The molecule has 0 saturated heterocycles. The van der Waals surface area contributed by atoms with Crippen LogP contribution in [0.15, 0.2) is 43.2 Å². The van der Waals surface area contributed by atoms with Crippen molar-refractivity contribution in [3.63, 3.8) is 0 Å². The van der Waals surface area contributed by atoms with Gasteiger partial charge in [-0.2, -0.15) is 0 Å². The Hall–Kier alpha value is -3.24. The smallest absolute Gasteiger partial charge is 0.285 e. The molecule has 10 nitrogen and oxygen atoms in total. The van der Waals surface area contributed by atoms with Gasteiger partial charge in [0, 0.05) is 17.4 Å². The van der Waals surface area contributed by atoms with Crippen LogP contribution in [0.2, 0.25) is 10.0 Å². The first-order valence-corrected chi connectivity index (χ1v) is 7.72. The monoisotopic (exact) mass is 393 g/mol. The molecule has 0 aliphatic rings. The molecule has 12 heteroatoms. The number of hydrogen-bond donors (Lipinski definition) is 2. The number of hydrogen-bond acceptors (Lipinski definition) is 7. The molecule has 2 aromatic heterocycles. The zero-order valence-electron chi connectivity index (χ0n) is 12.8. The van der Waals surface area contributed by atoms with Crippen LogP contribution < -0.4 is 10.9 Å². The maximum Gasteiger partial charge on any atom is 0.355 e. The fraction of sp³-hybridized carbons (Fsp3) is 0. The summed E-state index contributed by atoms with van der Waals surface area (Å²) in [6.45, 7) is 0. The van der Waals surface area contributed by atoms with Crippen LogP contribution in [-0.4, -0.2) is 30.3 Å². The molecule has 3 aromatic rings. The Bertz CT molecular complexity index is 979. The summed E-state index contributed by atoms with van der Waals surface area (Å²) in [6, 6.07) is 4.32. The van der Waals surface area contributed by atoms with E-state index in [0.29, 0.717) is 5.02 Å². The number of carbonyl (C=O) groups excluding carboxylic acids is 1. The summed E-state index contributed by atoms with van der Waals surface area (Å²) in [6.07, 6.45) is 5.41. The molecule has 2 heterocycles. The number of nitrogens with one attached hydrogen (secondary N) is 2. The molecule has 0 aliphatic heterocycles. The van der Waals surface area contributed by atoms with Gasteiger partial charge in [-0.3, -0.25) is 30.3 Å². The maximum atomic E-state index is 12.2. The van der Waals surface area contributed by atoms with Gasteiger partial charge in [0.25, 0.3) is 5.91 Å². The molecule has 0 aliphatic carbocycles. The Kier molecular flexibility index (Phi) is 4.96. The van der Waals surface area contributed by atoms with E-state index in [1.54, 1.807) is 0 Å². The van der Waals surface area contributed by atoms with Crippen molar-refractivity contribution >= 4 is 40.6 Å². The van der Waals surface area contributed by atoms with Gasteiger partial charge in [-0.15, -0.1) is 0 Å². The minimum atomic E-state index is -0.668. The van der Waals surface area contributed by atoms with Crippen LogP contribution in [0.3, 0.4) is 0 Å². The molecule has 0 fully saturated rings. The van der Waals surface area contributed by atoms with Gasteiger partial charge in [0.05, 0.1) is 15.5 Å². The zero-order valence-corrected chi connectivity index (χ0v) is 14.3. The second-order valence-electron chi connectivity index (χ2n) is 4.82. The first-order valence-electron chi connectivity index (χ1n) is 6.96. The third kappa shape index (κ3) is 3.55. The van der Waals surface area contributed by atoms with Crippen molar-refractivity contribution in [2.45, 2.75) is 0 Å². The van der Waals surface area contributed by atoms with Gasteiger partial charge >= 0.3 is 5.69 Å². The van der Waals surface area contributed by atoms with Crippen molar-refractivity contribution in [1.82, 2.24) is 24.9 Å². The number of benzene rings is 1. The molecular weight excluding hydrogens is 385 g/mol. The molecule has 1 aromatic carbocycles. The van der Waals surface area contributed by atoms with E-state index in [1.807, 2.05) is 0 Å². The van der Waals surface area contributed by atoms with Crippen LogP contribution in [-0.2, 0) is 0 Å². The summed E-state index contributed by atoms with van der Waals surface area (Å²) < 4.78 is 1.35. The number of nitrogens with zero attached hydrogens (tertiary/aromatic N) is 5. The Morgan fingerprint density at radius 2 is 2.08 bits per heavy atom. The van der Waals surface area contributed by atoms with Gasteiger partial charge in [-0.05, 0) is 18.2 Å². The van der Waals surface area contributed by atoms with Crippen LogP contribution >= 0.6 is 23.2 Å². The highest BCUT2D eigenvalue weighted by atomic mass is 35.5. The lowest BCUT2D eigenvalue weighted by molar-refractivity contribution is -0.384. The van der Waals surface area contributed by atoms with Gasteiger partial charge in [0.2, 0.25) is 11.6 Å². The topological polar surface area (TPSA) is 128 Å². The summed E-state index contributed by atoms with van der Waals surface area (Å²) in [5.74, 6) is -0.834. The quantitative estimate of drug-likeness (QED) is 0.503. The lowest BCUT2D eigenvalue weighted by Crippen LogP contribution is -2.30. The number of carbonyl (C=O) groups is 1. The van der Waals surface area contributed by atoms with Crippen molar-refractivity contribution in [3.05, 3.63) is 69.0 Å². The SMILES string of the molecule is O=C(NNc1ncnc(-n2ccnc2)c1[N+](=O)[O-])c1ccc(Cl)cc1Cl. The molecule has 0 unspecified atom stereocenters. The standard InChI is InChI=1S/C14H9Cl2N7O3/c15-8-1-2-9(10(16)5-8)14(24)21-20-12-11(23(25)26)13(19-6-18-12)22-4-3-17-7-22/h1-7H,(H,21,24)(H,18,19,20). The normalized spacial score (nSPS) is 10.4. The number of imidazole rings is 1. The minimum Gasteiger partial charge on any atom is -0.285 e. The predicted octanol–water partition coefficient (Wildman–Crippen LogP) is 2.63. The Balaban J connectivity index is 1.87. The van der Waals surface area contributed by atoms with Crippen molar-refractivity contribution in [2.24, 2.45) is 0 Å². The molecule has 0 radical (unpaired) electrons. The largest absolute Gasteiger partial charge is 0.355 e. The van der Waals surface area contributed by atoms with Gasteiger partial charge in [-0.1, -0.05) is 23.2 Å². The lowest BCUT2D eigenvalue weighted by Gasteiger charge is -2.10. The number of nitro groups is 1. The third-order valence-electron chi connectivity index (χ3n) is 3.20. The summed E-state index contributed by atoms with van der Waals surface area (Å²) >= 11 is 11.7. The first kappa shape index (κ1) is 17.6. The van der Waals surface area contributed by atoms with Crippen LogP contribution in [0.5, 0.6) is 0 Å². The molecule has 132 valence electrons. The number of halogens is 2. The molecule has 26 heavy (non-hydrogen) atoms. The van der Waals surface area contributed by atoms with Crippen molar-refractivity contribution < 1.29 is 9.72 Å². The van der Waals surface area contributed by atoms with Gasteiger partial charge in [-0.25, -0.2) is 15.0 Å². The van der Waals surface area contributed by atoms with E-state index in [4.69, 9.17) is 23.2 Å². The minimum absolute atomic E-state index is 0.0104. The van der Waals surface area contributed by atoms with Crippen LogP contribution in [0.4, 0.5) is 11.5 Å². The van der Waals surface area contributed by atoms with Crippen LogP contribution in [0.25, 0.3) is 5.82 Å². The highest BCUT2D eigenvalue weighted by Crippen LogP contribution is 2.27. The fourth-order valence-electron chi connectivity index (χ4n) is 2.06. The number of anilines is 1. The molecule has 0 bridgehead atoms. The first-order chi connectivity index (χ1) is 12.5. The highest BCUT2D eigenvalue weighted by Gasteiger charge is 2.24. The highest BCUT2D eigenvalue weighted by molar-refractivity contribution is 6.36. The average molecular weight is 394 g/mol. The fourth-order valence-corrected chi connectivity index (χ4v) is 2.55. The van der Waals surface area contributed by atoms with Crippen molar-refractivity contribution in [2.75, 3.05) is 5.43 Å². The Morgan fingerprint density at radius 3 is 2.73 bits per heavy atom. The number of rotatable bonds is 5. The average Bonchev–Trinajstić information content (AvgIpc) is 3.13. The third-order valence-corrected chi connectivity index (χ3v) is 3.75. The van der Waals surface area contributed by atoms with E-state index in [1.165, 1.54) is 41.5 Å². The Labute approximate surface area is 155 Å². The van der Waals surface area contributed by atoms with Gasteiger partial charge < -0.3 is 0 Å². The number of hydrazine groups is 1. The van der Waals surface area contributed by atoms with E-state index in [0.717, 1.165) is 6.33 Å². The van der Waals surface area contributed by atoms with Crippen LogP contribution in [0, 0.1) is 10.1 Å². The zero-order chi connectivity index (χ0) is 18.7. The van der Waals surface area contributed by atoms with Gasteiger partial charge in [0.15, 0.2) is 0 Å². The van der Waals surface area contributed by atoms with E-state index < -0.39 is 16.5 Å². The number of amides is 1. The van der Waals surface area contributed by atoms with Crippen molar-refractivity contribution in [1.29, 1.82) is 0 Å². The second kappa shape index (κ2) is 7.33. The summed E-state index contributed by atoms with van der Waals surface area (Å²) in [5, 5.41) is 12.0. The molecule has 1 amide bonds. The molecule has 2 N–H and O–H groups in total. The lowest BCUT2D eigenvalue weighted by atomic mass is 10.2. The summed E-state index contributed by atoms with van der Waals surface area (Å²) in [5.41, 5.74) is 4.42. The van der Waals surface area contributed by atoms with E-state index in [2.05, 4.69) is 25.8 Å². The summed E-state index contributed by atoms with van der Waals surface area (Å²) in [4.78, 5) is 34.5. The van der Waals surface area contributed by atoms with Crippen molar-refractivity contribution in [3.8, 4) is 5.82 Å². The summed E-state index contributed by atoms with van der Waals surface area (Å²) in [7, 11) is 0. The molecule has 0 saturated carbocycles. The predicted molar refractivity (Wildman–Crippen MR) is 93.4 cm³/mol. The number of aromatic nitrogens is 4. The van der Waals surface area contributed by atoms with E-state index >= 15 is 0 Å². The molecule has 0 atom stereocenters.